The molecule has 4 rings (SSSR count). The average Bonchev–Trinajstić information content (AvgIpc) is 3.16. The van der Waals surface area contributed by atoms with Crippen molar-refractivity contribution >= 4 is 18.0 Å². The molecule has 3 atom stereocenters. The summed E-state index contributed by atoms with van der Waals surface area (Å²) in [5.41, 5.74) is 4.71. The molecule has 2 aromatic carbocycles. The number of carbonyl (C=O) groups excluding carboxylic acids is 2. The summed E-state index contributed by atoms with van der Waals surface area (Å²) in [4.78, 5) is 36.2. The van der Waals surface area contributed by atoms with Crippen LogP contribution in [0.2, 0.25) is 0 Å². The Morgan fingerprint density at radius 2 is 1.63 bits per heavy atom. The van der Waals surface area contributed by atoms with Gasteiger partial charge in [0.05, 0.1) is 5.92 Å². The van der Waals surface area contributed by atoms with E-state index in [1.54, 1.807) is 0 Å². The van der Waals surface area contributed by atoms with Crippen LogP contribution in [0.15, 0.2) is 48.5 Å². The second kappa shape index (κ2) is 11.4. The standard InChI is InChI=1S/C28H34N2O5/c1-18(9-8-16-26(31)30-25-15-7-6-14-23(25)27(32)33)29-28(34)35-17-24-21-12-4-2-10-19(21)20-11-3-5-13-22(20)24/h2-5,10-13,18,23-25H,6-9,14-17H2,1H3,(H,29,34)(H,30,31)(H,32,33)/t18?,23-,25+/m1/s1. The number of rotatable bonds is 9. The van der Waals surface area contributed by atoms with Gasteiger partial charge < -0.3 is 20.5 Å². The first-order valence-electron chi connectivity index (χ1n) is 12.6. The molecule has 7 nitrogen and oxygen atoms in total. The fraction of sp³-hybridized carbons (Fsp3) is 0.464. The smallest absolute Gasteiger partial charge is 0.407 e. The number of hydrogen-bond acceptors (Lipinski definition) is 4. The van der Waals surface area contributed by atoms with E-state index in [9.17, 15) is 19.5 Å². The van der Waals surface area contributed by atoms with Crippen LogP contribution in [0, 0.1) is 5.92 Å². The van der Waals surface area contributed by atoms with E-state index in [-0.39, 0.29) is 30.5 Å². The van der Waals surface area contributed by atoms with Gasteiger partial charge in [-0.3, -0.25) is 9.59 Å². The quantitative estimate of drug-likeness (QED) is 0.478. The maximum atomic E-state index is 12.4. The Kier molecular flexibility index (Phi) is 8.06. The average molecular weight is 479 g/mol. The third-order valence-corrected chi connectivity index (χ3v) is 7.18. The van der Waals surface area contributed by atoms with Gasteiger partial charge in [0.25, 0.3) is 0 Å². The lowest BCUT2D eigenvalue weighted by Gasteiger charge is -2.29. The van der Waals surface area contributed by atoms with Gasteiger partial charge in [-0.25, -0.2) is 4.79 Å². The summed E-state index contributed by atoms with van der Waals surface area (Å²) in [5, 5.41) is 15.1. The number of carboxylic acid groups (broad SMARTS) is 1. The van der Waals surface area contributed by atoms with Crippen LogP contribution in [0.4, 0.5) is 4.79 Å². The molecule has 1 fully saturated rings. The molecule has 0 heterocycles. The van der Waals surface area contributed by atoms with Crippen LogP contribution in [0.3, 0.4) is 0 Å². The van der Waals surface area contributed by atoms with Gasteiger partial charge in [-0.05, 0) is 54.9 Å². The lowest BCUT2D eigenvalue weighted by atomic mass is 9.84. The van der Waals surface area contributed by atoms with Gasteiger partial charge in [-0.15, -0.1) is 0 Å². The maximum Gasteiger partial charge on any atom is 0.407 e. The minimum Gasteiger partial charge on any atom is -0.481 e. The molecule has 186 valence electrons. The zero-order valence-corrected chi connectivity index (χ0v) is 20.2. The van der Waals surface area contributed by atoms with Gasteiger partial charge in [0.2, 0.25) is 5.91 Å². The molecule has 3 N–H and O–H groups in total. The second-order valence-electron chi connectivity index (χ2n) is 9.67. The van der Waals surface area contributed by atoms with Gasteiger partial charge in [0, 0.05) is 24.4 Å². The van der Waals surface area contributed by atoms with E-state index in [2.05, 4.69) is 34.9 Å². The van der Waals surface area contributed by atoms with Crippen LogP contribution in [-0.2, 0) is 14.3 Å². The molecule has 0 aromatic heterocycles. The normalized spacial score (nSPS) is 19.8. The minimum absolute atomic E-state index is 0.0153. The van der Waals surface area contributed by atoms with Crippen molar-refractivity contribution in [2.45, 2.75) is 69.9 Å². The molecular weight excluding hydrogens is 444 g/mol. The molecule has 7 heteroatoms. The highest BCUT2D eigenvalue weighted by Crippen LogP contribution is 2.44. The summed E-state index contributed by atoms with van der Waals surface area (Å²) in [6, 6.07) is 16.0. The van der Waals surface area contributed by atoms with E-state index in [1.165, 1.54) is 22.3 Å². The Morgan fingerprint density at radius 1 is 1.00 bits per heavy atom. The largest absolute Gasteiger partial charge is 0.481 e. The van der Waals surface area contributed by atoms with Crippen molar-refractivity contribution in [1.29, 1.82) is 0 Å². The first-order valence-corrected chi connectivity index (χ1v) is 12.6. The first kappa shape index (κ1) is 24.8. The zero-order chi connectivity index (χ0) is 24.8. The molecule has 0 spiro atoms. The van der Waals surface area contributed by atoms with Crippen molar-refractivity contribution < 1.29 is 24.2 Å². The molecule has 0 bridgehead atoms. The third-order valence-electron chi connectivity index (χ3n) is 7.18. The topological polar surface area (TPSA) is 105 Å². The molecule has 2 aliphatic carbocycles. The van der Waals surface area contributed by atoms with Crippen molar-refractivity contribution in [2.75, 3.05) is 6.61 Å². The number of carboxylic acids is 1. The number of carbonyl (C=O) groups is 3. The van der Waals surface area contributed by atoms with Crippen molar-refractivity contribution in [3.05, 3.63) is 59.7 Å². The van der Waals surface area contributed by atoms with E-state index < -0.39 is 18.0 Å². The predicted octanol–water partition coefficient (Wildman–Crippen LogP) is 4.84. The van der Waals surface area contributed by atoms with Crippen molar-refractivity contribution in [3.63, 3.8) is 0 Å². The number of alkyl carbamates (subject to hydrolysis) is 1. The van der Waals surface area contributed by atoms with Gasteiger partial charge >= 0.3 is 12.1 Å². The Morgan fingerprint density at radius 3 is 2.29 bits per heavy atom. The lowest BCUT2D eigenvalue weighted by Crippen LogP contribution is -2.45. The van der Waals surface area contributed by atoms with Gasteiger partial charge in [-0.2, -0.15) is 0 Å². The summed E-state index contributed by atoms with van der Waals surface area (Å²) >= 11 is 0. The summed E-state index contributed by atoms with van der Waals surface area (Å²) in [7, 11) is 0. The minimum atomic E-state index is -0.837. The second-order valence-corrected chi connectivity index (χ2v) is 9.67. The predicted molar refractivity (Wildman–Crippen MR) is 133 cm³/mol. The first-order chi connectivity index (χ1) is 16.9. The fourth-order valence-corrected chi connectivity index (χ4v) is 5.36. The van der Waals surface area contributed by atoms with E-state index in [1.807, 2.05) is 31.2 Å². The van der Waals surface area contributed by atoms with Crippen LogP contribution >= 0.6 is 0 Å². The summed E-state index contributed by atoms with van der Waals surface area (Å²) in [5.74, 6) is -1.45. The lowest BCUT2D eigenvalue weighted by molar-refractivity contribution is -0.144. The van der Waals surface area contributed by atoms with E-state index in [0.29, 0.717) is 32.1 Å². The van der Waals surface area contributed by atoms with E-state index in [0.717, 1.165) is 12.8 Å². The molecule has 1 unspecified atom stereocenters. The van der Waals surface area contributed by atoms with Crippen LogP contribution < -0.4 is 10.6 Å². The highest BCUT2D eigenvalue weighted by molar-refractivity contribution is 5.79. The summed E-state index contributed by atoms with van der Waals surface area (Å²) < 4.78 is 5.59. The number of benzene rings is 2. The van der Waals surface area contributed by atoms with Gasteiger partial charge in [-0.1, -0.05) is 61.4 Å². The van der Waals surface area contributed by atoms with Crippen molar-refractivity contribution in [3.8, 4) is 11.1 Å². The SMILES string of the molecule is CC(CCCC(=O)N[C@H]1CCCC[C@H]1C(=O)O)NC(=O)OCC1c2ccccc2-c2ccccc21. The monoisotopic (exact) mass is 478 g/mol. The fourth-order valence-electron chi connectivity index (χ4n) is 5.36. The molecule has 1 saturated carbocycles. The number of aliphatic carboxylic acids is 1. The molecule has 2 aliphatic rings. The molecule has 0 saturated heterocycles. The highest BCUT2D eigenvalue weighted by atomic mass is 16.5. The van der Waals surface area contributed by atoms with E-state index >= 15 is 0 Å². The number of fused-ring (bicyclic) bond motifs is 3. The van der Waals surface area contributed by atoms with Crippen LogP contribution in [0.25, 0.3) is 11.1 Å². The molecular formula is C28H34N2O5. The summed E-state index contributed by atoms with van der Waals surface area (Å²) in [6.07, 6.45) is 4.23. The number of hydrogen-bond donors (Lipinski definition) is 3. The van der Waals surface area contributed by atoms with Crippen molar-refractivity contribution in [1.82, 2.24) is 10.6 Å². The van der Waals surface area contributed by atoms with Crippen LogP contribution in [-0.4, -0.2) is 41.8 Å². The summed E-state index contributed by atoms with van der Waals surface area (Å²) in [6.45, 7) is 2.15. The van der Waals surface area contributed by atoms with Gasteiger partial charge in [0.1, 0.15) is 6.61 Å². The zero-order valence-electron chi connectivity index (χ0n) is 20.2. The van der Waals surface area contributed by atoms with Gasteiger partial charge in [0.15, 0.2) is 0 Å². The third kappa shape index (κ3) is 6.02. The number of amides is 2. The van der Waals surface area contributed by atoms with Crippen LogP contribution in [0.1, 0.15) is 68.9 Å². The molecule has 2 amide bonds. The Labute approximate surface area is 206 Å². The molecule has 2 aromatic rings. The Balaban J connectivity index is 1.19. The van der Waals surface area contributed by atoms with Crippen molar-refractivity contribution in [2.24, 2.45) is 5.92 Å². The molecule has 0 radical (unpaired) electrons. The van der Waals surface area contributed by atoms with E-state index in [4.69, 9.17) is 4.74 Å². The highest BCUT2D eigenvalue weighted by Gasteiger charge is 2.32. The molecule has 0 aliphatic heterocycles. The Bertz CT molecular complexity index is 1020. The van der Waals surface area contributed by atoms with Crippen LogP contribution in [0.5, 0.6) is 0 Å². The number of nitrogens with one attached hydrogen (secondary N) is 2. The number of ether oxygens (including phenoxy) is 1. The molecule has 35 heavy (non-hydrogen) atoms. The maximum absolute atomic E-state index is 12.4. The Hall–Kier alpha value is -3.35.